The predicted octanol–water partition coefficient (Wildman–Crippen LogP) is 2.04. The zero-order valence-electron chi connectivity index (χ0n) is 16.8. The lowest BCUT2D eigenvalue weighted by molar-refractivity contribution is 0.0721. The standard InChI is InChI=1S/C21H22N4O5/c1-3-25-12-23-24-18(25)8-9-22-20(26)19-13(2)10-16(30-21(19)27)17-11-28-14-6-4-5-7-15(14)29-17/h4-7,10,12,17H,3,8-9,11H2,1-2H3,(H,22,26). The molecule has 1 atom stereocenters. The Hall–Kier alpha value is -3.62. The normalized spacial score (nSPS) is 15.1. The average Bonchev–Trinajstić information content (AvgIpc) is 3.20. The maximum Gasteiger partial charge on any atom is 0.349 e. The van der Waals surface area contributed by atoms with E-state index in [2.05, 4.69) is 15.5 Å². The summed E-state index contributed by atoms with van der Waals surface area (Å²) in [7, 11) is 0. The highest BCUT2D eigenvalue weighted by molar-refractivity contribution is 5.95. The molecule has 3 heterocycles. The van der Waals surface area contributed by atoms with Crippen molar-refractivity contribution in [2.24, 2.45) is 0 Å². The van der Waals surface area contributed by atoms with Gasteiger partial charge in [-0.3, -0.25) is 4.79 Å². The van der Waals surface area contributed by atoms with Crippen molar-refractivity contribution in [3.05, 3.63) is 69.8 Å². The highest BCUT2D eigenvalue weighted by Gasteiger charge is 2.27. The van der Waals surface area contributed by atoms with Crippen LogP contribution >= 0.6 is 0 Å². The Labute approximate surface area is 172 Å². The summed E-state index contributed by atoms with van der Waals surface area (Å²) in [5.74, 6) is 1.83. The molecular formula is C21H22N4O5. The van der Waals surface area contributed by atoms with Crippen molar-refractivity contribution in [2.75, 3.05) is 13.2 Å². The molecular weight excluding hydrogens is 388 g/mol. The molecule has 156 valence electrons. The van der Waals surface area contributed by atoms with Gasteiger partial charge in [0, 0.05) is 19.5 Å². The molecule has 0 aliphatic carbocycles. The number of nitrogens with one attached hydrogen (secondary N) is 1. The van der Waals surface area contributed by atoms with E-state index in [4.69, 9.17) is 13.9 Å². The van der Waals surface area contributed by atoms with E-state index < -0.39 is 17.6 Å². The first kappa shape index (κ1) is 19.7. The van der Waals surface area contributed by atoms with E-state index in [0.29, 0.717) is 35.8 Å². The Morgan fingerprint density at radius 2 is 2.10 bits per heavy atom. The van der Waals surface area contributed by atoms with E-state index >= 15 is 0 Å². The van der Waals surface area contributed by atoms with Crippen LogP contribution in [0.25, 0.3) is 0 Å². The number of carbonyl (C=O) groups excluding carboxylic acids is 1. The van der Waals surface area contributed by atoms with Crippen LogP contribution in [0.4, 0.5) is 0 Å². The number of hydrogen-bond acceptors (Lipinski definition) is 7. The summed E-state index contributed by atoms with van der Waals surface area (Å²) in [6.45, 7) is 4.97. The fourth-order valence-corrected chi connectivity index (χ4v) is 3.34. The van der Waals surface area contributed by atoms with Crippen molar-refractivity contribution in [3.8, 4) is 11.5 Å². The molecule has 0 fully saturated rings. The van der Waals surface area contributed by atoms with Crippen LogP contribution in [0, 0.1) is 6.92 Å². The third-order valence-electron chi connectivity index (χ3n) is 4.89. The van der Waals surface area contributed by atoms with Crippen LogP contribution in [0.15, 0.2) is 45.9 Å². The topological polar surface area (TPSA) is 108 Å². The molecule has 0 saturated carbocycles. The van der Waals surface area contributed by atoms with Gasteiger partial charge < -0.3 is 23.8 Å². The molecule has 1 N–H and O–H groups in total. The number of aryl methyl sites for hydroxylation is 2. The summed E-state index contributed by atoms with van der Waals surface area (Å²) in [4.78, 5) is 25.1. The number of rotatable bonds is 6. The van der Waals surface area contributed by atoms with Gasteiger partial charge in [0.15, 0.2) is 23.4 Å². The molecule has 0 spiro atoms. The first-order valence-electron chi connectivity index (χ1n) is 9.74. The molecule has 30 heavy (non-hydrogen) atoms. The monoisotopic (exact) mass is 410 g/mol. The first-order valence-corrected chi connectivity index (χ1v) is 9.74. The largest absolute Gasteiger partial charge is 0.485 e. The Balaban J connectivity index is 1.45. The van der Waals surface area contributed by atoms with Gasteiger partial charge in [-0.25, -0.2) is 4.79 Å². The van der Waals surface area contributed by atoms with Crippen LogP contribution in [0.3, 0.4) is 0 Å². The van der Waals surface area contributed by atoms with Crippen LogP contribution in [-0.4, -0.2) is 33.8 Å². The van der Waals surface area contributed by atoms with E-state index in [1.165, 1.54) is 0 Å². The lowest BCUT2D eigenvalue weighted by atomic mass is 10.1. The Kier molecular flexibility index (Phi) is 5.51. The summed E-state index contributed by atoms with van der Waals surface area (Å²) in [6.07, 6.45) is 1.59. The molecule has 0 bridgehead atoms. The summed E-state index contributed by atoms with van der Waals surface area (Å²) >= 11 is 0. The van der Waals surface area contributed by atoms with Crippen molar-refractivity contribution in [1.82, 2.24) is 20.1 Å². The summed E-state index contributed by atoms with van der Waals surface area (Å²) < 4.78 is 18.9. The fraction of sp³-hybridized carbons (Fsp3) is 0.333. The van der Waals surface area contributed by atoms with Crippen molar-refractivity contribution in [2.45, 2.75) is 32.9 Å². The van der Waals surface area contributed by atoms with Crippen LogP contribution in [0.2, 0.25) is 0 Å². The van der Waals surface area contributed by atoms with E-state index in [9.17, 15) is 9.59 Å². The average molecular weight is 410 g/mol. The minimum Gasteiger partial charge on any atom is -0.485 e. The summed E-state index contributed by atoms with van der Waals surface area (Å²) in [5, 5.41) is 10.6. The van der Waals surface area contributed by atoms with Gasteiger partial charge in [0.25, 0.3) is 5.91 Å². The third kappa shape index (κ3) is 3.91. The van der Waals surface area contributed by atoms with Gasteiger partial charge in [0.2, 0.25) is 0 Å². The van der Waals surface area contributed by atoms with Crippen molar-refractivity contribution < 1.29 is 18.7 Å². The number of benzene rings is 1. The molecule has 9 heteroatoms. The van der Waals surface area contributed by atoms with E-state index in [1.54, 1.807) is 25.4 Å². The molecule has 1 unspecified atom stereocenters. The molecule has 2 aromatic heterocycles. The van der Waals surface area contributed by atoms with Crippen LogP contribution in [0.1, 0.15) is 40.5 Å². The Morgan fingerprint density at radius 3 is 2.87 bits per heavy atom. The lowest BCUT2D eigenvalue weighted by Crippen LogP contribution is -2.32. The molecule has 1 aliphatic rings. The number of amides is 1. The van der Waals surface area contributed by atoms with Gasteiger partial charge in [-0.2, -0.15) is 0 Å². The van der Waals surface area contributed by atoms with Gasteiger partial charge in [-0.05, 0) is 37.6 Å². The minimum atomic E-state index is -0.707. The van der Waals surface area contributed by atoms with Gasteiger partial charge in [0.05, 0.1) is 0 Å². The molecule has 9 nitrogen and oxygen atoms in total. The second-order valence-corrected chi connectivity index (χ2v) is 6.90. The predicted molar refractivity (Wildman–Crippen MR) is 107 cm³/mol. The van der Waals surface area contributed by atoms with Crippen molar-refractivity contribution >= 4 is 5.91 Å². The summed E-state index contributed by atoms with van der Waals surface area (Å²) in [6, 6.07) is 8.93. The number of ether oxygens (including phenoxy) is 2. The van der Waals surface area contributed by atoms with Crippen LogP contribution in [0.5, 0.6) is 11.5 Å². The van der Waals surface area contributed by atoms with Gasteiger partial charge in [-0.1, -0.05) is 12.1 Å². The number of carbonyl (C=O) groups is 1. The van der Waals surface area contributed by atoms with Gasteiger partial charge >= 0.3 is 5.63 Å². The number of aromatic nitrogens is 3. The van der Waals surface area contributed by atoms with E-state index in [0.717, 1.165) is 12.4 Å². The van der Waals surface area contributed by atoms with E-state index in [-0.39, 0.29) is 12.2 Å². The Morgan fingerprint density at radius 1 is 1.30 bits per heavy atom. The number of nitrogens with zero attached hydrogens (tertiary/aromatic N) is 3. The molecule has 1 aromatic carbocycles. The van der Waals surface area contributed by atoms with Crippen LogP contribution in [-0.2, 0) is 13.0 Å². The third-order valence-corrected chi connectivity index (χ3v) is 4.89. The highest BCUT2D eigenvalue weighted by Crippen LogP contribution is 2.35. The molecule has 0 saturated heterocycles. The molecule has 1 aliphatic heterocycles. The zero-order chi connectivity index (χ0) is 21.1. The maximum atomic E-state index is 12.6. The second-order valence-electron chi connectivity index (χ2n) is 6.90. The molecule has 4 rings (SSSR count). The maximum absolute atomic E-state index is 12.6. The molecule has 0 radical (unpaired) electrons. The number of para-hydroxylation sites is 2. The number of hydrogen-bond donors (Lipinski definition) is 1. The van der Waals surface area contributed by atoms with E-state index in [1.807, 2.05) is 29.7 Å². The molecule has 1 amide bonds. The fourth-order valence-electron chi connectivity index (χ4n) is 3.34. The Bertz CT molecular complexity index is 1120. The highest BCUT2D eigenvalue weighted by atomic mass is 16.6. The van der Waals surface area contributed by atoms with Gasteiger partial charge in [0.1, 0.15) is 24.3 Å². The quantitative estimate of drug-likeness (QED) is 0.662. The molecule has 3 aromatic rings. The van der Waals surface area contributed by atoms with Gasteiger partial charge in [-0.15, -0.1) is 10.2 Å². The van der Waals surface area contributed by atoms with Crippen molar-refractivity contribution in [1.29, 1.82) is 0 Å². The van der Waals surface area contributed by atoms with Crippen LogP contribution < -0.4 is 20.4 Å². The minimum absolute atomic E-state index is 0.0205. The van der Waals surface area contributed by atoms with Crippen molar-refractivity contribution in [3.63, 3.8) is 0 Å². The smallest absolute Gasteiger partial charge is 0.349 e. The lowest BCUT2D eigenvalue weighted by Gasteiger charge is -2.25. The first-order chi connectivity index (χ1) is 14.6. The number of fused-ring (bicyclic) bond motifs is 1. The second kappa shape index (κ2) is 8.40. The summed E-state index contributed by atoms with van der Waals surface area (Å²) in [5.41, 5.74) is -0.215. The SMILES string of the molecule is CCn1cnnc1CCNC(=O)c1c(C)cc(C2COc3ccccc3O2)oc1=O. The zero-order valence-corrected chi connectivity index (χ0v) is 16.8.